The number of methoxy groups -OCH3 is 1. The summed E-state index contributed by atoms with van der Waals surface area (Å²) in [6, 6.07) is 7.59. The van der Waals surface area contributed by atoms with Gasteiger partial charge in [-0.2, -0.15) is 0 Å². The van der Waals surface area contributed by atoms with Crippen LogP contribution in [0, 0.1) is 11.6 Å². The minimum atomic E-state index is -1.27. The van der Waals surface area contributed by atoms with Crippen LogP contribution in [0.3, 0.4) is 0 Å². The molecule has 1 aliphatic heterocycles. The number of hydrogen-bond donors (Lipinski definition) is 1. The molecule has 0 amide bonds. The fourth-order valence-corrected chi connectivity index (χ4v) is 4.05. The van der Waals surface area contributed by atoms with E-state index in [0.717, 1.165) is 43.4 Å². The first-order chi connectivity index (χ1) is 14.4. The van der Waals surface area contributed by atoms with E-state index >= 15 is 0 Å². The van der Waals surface area contributed by atoms with Crippen molar-refractivity contribution in [3.05, 3.63) is 58.7 Å². The van der Waals surface area contributed by atoms with E-state index in [-0.39, 0.29) is 29.2 Å². The smallest absolute Gasteiger partial charge is 0.338 e. The number of aromatic carboxylic acids is 1. The normalized spacial score (nSPS) is 19.5. The van der Waals surface area contributed by atoms with Gasteiger partial charge in [0.05, 0.1) is 12.7 Å². The summed E-state index contributed by atoms with van der Waals surface area (Å²) in [5, 5.41) is 9.21. The molecule has 2 aromatic rings. The van der Waals surface area contributed by atoms with Gasteiger partial charge in [-0.3, -0.25) is 4.90 Å². The van der Waals surface area contributed by atoms with Gasteiger partial charge >= 0.3 is 5.97 Å². The van der Waals surface area contributed by atoms with Crippen molar-refractivity contribution in [1.29, 1.82) is 0 Å². The second kappa shape index (κ2) is 8.60. The standard InChI is InChI=1S/C23H25F2NO4/c1-29-21-7-4-14(9-20(21)25)12-26-8-2-3-16(13-26)30-22-11-19(24)18(23(27)28)10-17(22)15-5-6-15/h4,7,9-11,15-16H,2-3,5-6,8,12-13H2,1H3,(H,27,28). The molecule has 4 rings (SSSR count). The average molecular weight is 417 g/mol. The third-order valence-corrected chi connectivity index (χ3v) is 5.73. The predicted octanol–water partition coefficient (Wildman–Crippen LogP) is 4.59. The first-order valence-corrected chi connectivity index (χ1v) is 10.2. The molecule has 0 spiro atoms. The zero-order valence-corrected chi connectivity index (χ0v) is 16.9. The summed E-state index contributed by atoms with van der Waals surface area (Å²) < 4.78 is 39.4. The zero-order valence-electron chi connectivity index (χ0n) is 16.9. The Morgan fingerprint density at radius 3 is 2.60 bits per heavy atom. The van der Waals surface area contributed by atoms with E-state index in [1.54, 1.807) is 6.07 Å². The predicted molar refractivity (Wildman–Crippen MR) is 107 cm³/mol. The molecule has 1 unspecified atom stereocenters. The number of ether oxygens (including phenoxy) is 2. The van der Waals surface area contributed by atoms with Crippen LogP contribution in [0.25, 0.3) is 0 Å². The van der Waals surface area contributed by atoms with Gasteiger partial charge in [0, 0.05) is 19.2 Å². The van der Waals surface area contributed by atoms with E-state index in [1.165, 1.54) is 25.3 Å². The van der Waals surface area contributed by atoms with Gasteiger partial charge in [-0.25, -0.2) is 13.6 Å². The Morgan fingerprint density at radius 1 is 1.13 bits per heavy atom. The number of hydrogen-bond acceptors (Lipinski definition) is 4. The highest BCUT2D eigenvalue weighted by Crippen LogP contribution is 2.45. The molecule has 0 bridgehead atoms. The molecular weight excluding hydrogens is 392 g/mol. The first kappa shape index (κ1) is 20.6. The Labute approximate surface area is 174 Å². The molecule has 7 heteroatoms. The summed E-state index contributed by atoms with van der Waals surface area (Å²) in [6.07, 6.45) is 3.54. The van der Waals surface area contributed by atoms with E-state index < -0.39 is 11.8 Å². The van der Waals surface area contributed by atoms with E-state index in [0.29, 0.717) is 18.8 Å². The lowest BCUT2D eigenvalue weighted by molar-refractivity contribution is 0.0690. The highest BCUT2D eigenvalue weighted by molar-refractivity contribution is 5.88. The van der Waals surface area contributed by atoms with Gasteiger partial charge in [0.25, 0.3) is 0 Å². The fraction of sp³-hybridized carbons (Fsp3) is 0.435. The lowest BCUT2D eigenvalue weighted by Crippen LogP contribution is -2.40. The van der Waals surface area contributed by atoms with Crippen LogP contribution >= 0.6 is 0 Å². The van der Waals surface area contributed by atoms with E-state index in [9.17, 15) is 18.7 Å². The van der Waals surface area contributed by atoms with Gasteiger partial charge in [-0.1, -0.05) is 6.07 Å². The van der Waals surface area contributed by atoms with E-state index in [1.807, 2.05) is 6.07 Å². The third kappa shape index (κ3) is 4.56. The van der Waals surface area contributed by atoms with Crippen LogP contribution in [-0.4, -0.2) is 42.3 Å². The monoisotopic (exact) mass is 417 g/mol. The lowest BCUT2D eigenvalue weighted by Gasteiger charge is -2.33. The molecule has 1 heterocycles. The number of halogens is 2. The molecule has 2 aromatic carbocycles. The molecule has 0 radical (unpaired) electrons. The molecule has 1 atom stereocenters. The van der Waals surface area contributed by atoms with Gasteiger partial charge in [0.15, 0.2) is 11.6 Å². The fourth-order valence-electron chi connectivity index (χ4n) is 4.05. The molecule has 2 aliphatic rings. The third-order valence-electron chi connectivity index (χ3n) is 5.73. The van der Waals surface area contributed by atoms with Crippen molar-refractivity contribution in [3.63, 3.8) is 0 Å². The molecule has 1 saturated heterocycles. The van der Waals surface area contributed by atoms with E-state index in [4.69, 9.17) is 9.47 Å². The van der Waals surface area contributed by atoms with Gasteiger partial charge in [-0.15, -0.1) is 0 Å². The second-order valence-corrected chi connectivity index (χ2v) is 8.04. The summed E-state index contributed by atoms with van der Waals surface area (Å²) in [7, 11) is 1.44. The summed E-state index contributed by atoms with van der Waals surface area (Å²) in [6.45, 7) is 2.10. The maximum absolute atomic E-state index is 14.3. The van der Waals surface area contributed by atoms with Crippen LogP contribution in [0.15, 0.2) is 30.3 Å². The van der Waals surface area contributed by atoms with Gasteiger partial charge in [-0.05, 0) is 67.5 Å². The van der Waals surface area contributed by atoms with Crippen LogP contribution in [0.4, 0.5) is 8.78 Å². The SMILES string of the molecule is COc1ccc(CN2CCCC(Oc3cc(F)c(C(=O)O)cc3C3CC3)C2)cc1F. The number of benzene rings is 2. The zero-order chi connectivity index (χ0) is 21.3. The van der Waals surface area contributed by atoms with Crippen molar-refractivity contribution < 1.29 is 28.2 Å². The number of carboxylic acid groups (broad SMARTS) is 1. The summed E-state index contributed by atoms with van der Waals surface area (Å²) in [4.78, 5) is 13.5. The average Bonchev–Trinajstić information content (AvgIpc) is 3.53. The molecule has 160 valence electrons. The Hall–Kier alpha value is -2.67. The van der Waals surface area contributed by atoms with Crippen LogP contribution in [0.2, 0.25) is 0 Å². The molecule has 1 N–H and O–H groups in total. The van der Waals surface area contributed by atoms with Crippen molar-refractivity contribution in [2.75, 3.05) is 20.2 Å². The van der Waals surface area contributed by atoms with Crippen LogP contribution in [0.5, 0.6) is 11.5 Å². The van der Waals surface area contributed by atoms with Crippen molar-refractivity contribution in [1.82, 2.24) is 4.90 Å². The van der Waals surface area contributed by atoms with E-state index in [2.05, 4.69) is 4.90 Å². The topological polar surface area (TPSA) is 59.0 Å². The second-order valence-electron chi connectivity index (χ2n) is 8.04. The molecule has 0 aromatic heterocycles. The van der Waals surface area contributed by atoms with Crippen molar-refractivity contribution >= 4 is 5.97 Å². The Balaban J connectivity index is 1.46. The Morgan fingerprint density at radius 2 is 1.93 bits per heavy atom. The summed E-state index contributed by atoms with van der Waals surface area (Å²) in [5.74, 6) is -1.52. The van der Waals surface area contributed by atoms with Crippen molar-refractivity contribution in [2.24, 2.45) is 0 Å². The maximum atomic E-state index is 14.3. The number of rotatable bonds is 7. The van der Waals surface area contributed by atoms with Crippen molar-refractivity contribution in [3.8, 4) is 11.5 Å². The Kier molecular flexibility index (Phi) is 5.90. The molecular formula is C23H25F2NO4. The maximum Gasteiger partial charge on any atom is 0.338 e. The summed E-state index contributed by atoms with van der Waals surface area (Å²) in [5.41, 5.74) is 1.32. The number of nitrogens with zero attached hydrogens (tertiary/aromatic N) is 1. The molecule has 2 fully saturated rings. The molecule has 30 heavy (non-hydrogen) atoms. The molecule has 5 nitrogen and oxygen atoms in total. The van der Waals surface area contributed by atoms with Crippen LogP contribution in [-0.2, 0) is 6.54 Å². The van der Waals surface area contributed by atoms with Crippen molar-refractivity contribution in [2.45, 2.75) is 44.2 Å². The van der Waals surface area contributed by atoms with Gasteiger partial charge < -0.3 is 14.6 Å². The van der Waals surface area contributed by atoms with Crippen LogP contribution < -0.4 is 9.47 Å². The Bertz CT molecular complexity index is 945. The number of carboxylic acids is 1. The quantitative estimate of drug-likeness (QED) is 0.714. The number of carbonyl (C=O) groups is 1. The van der Waals surface area contributed by atoms with Crippen LogP contribution in [0.1, 0.15) is 53.1 Å². The lowest BCUT2D eigenvalue weighted by atomic mass is 10.0. The first-order valence-electron chi connectivity index (χ1n) is 10.2. The largest absolute Gasteiger partial charge is 0.494 e. The summed E-state index contributed by atoms with van der Waals surface area (Å²) >= 11 is 0. The van der Waals surface area contributed by atoms with Gasteiger partial charge in [0.1, 0.15) is 17.7 Å². The molecule has 1 aliphatic carbocycles. The van der Waals surface area contributed by atoms with Gasteiger partial charge in [0.2, 0.25) is 0 Å². The highest BCUT2D eigenvalue weighted by atomic mass is 19.1. The minimum absolute atomic E-state index is 0.130. The minimum Gasteiger partial charge on any atom is -0.494 e. The highest BCUT2D eigenvalue weighted by Gasteiger charge is 2.31. The number of likely N-dealkylation sites (tertiary alicyclic amines) is 1. The molecule has 1 saturated carbocycles. The number of piperidine rings is 1.